The van der Waals surface area contributed by atoms with Gasteiger partial charge in [0.05, 0.1) is 11.3 Å². The molecule has 0 spiro atoms. The summed E-state index contributed by atoms with van der Waals surface area (Å²) in [7, 11) is 0. The fourth-order valence-corrected chi connectivity index (χ4v) is 2.99. The van der Waals surface area contributed by atoms with Crippen molar-refractivity contribution in [3.63, 3.8) is 0 Å². The van der Waals surface area contributed by atoms with E-state index in [1.165, 1.54) is 18.2 Å². The van der Waals surface area contributed by atoms with E-state index in [4.69, 9.17) is 4.42 Å². The fraction of sp³-hybridized carbons (Fsp3) is 0.0435. The van der Waals surface area contributed by atoms with Crippen LogP contribution in [0.5, 0.6) is 0 Å². The molecule has 0 saturated carbocycles. The molecule has 138 valence electrons. The lowest BCUT2D eigenvalue weighted by Crippen LogP contribution is -2.15. The number of ketones is 1. The molecule has 0 radical (unpaired) electrons. The summed E-state index contributed by atoms with van der Waals surface area (Å²) < 4.78 is 19.7. The van der Waals surface area contributed by atoms with Crippen LogP contribution in [0.1, 0.15) is 32.0 Å². The van der Waals surface area contributed by atoms with Crippen LogP contribution in [0.4, 0.5) is 10.1 Å². The zero-order valence-electron chi connectivity index (χ0n) is 15.0. The summed E-state index contributed by atoms with van der Waals surface area (Å²) in [6, 6.07) is 19.7. The number of aryl methyl sites for hydroxylation is 1. The highest BCUT2D eigenvalue weighted by Gasteiger charge is 2.24. The molecular formula is C23H16FNO3. The van der Waals surface area contributed by atoms with E-state index < -0.39 is 11.7 Å². The predicted octanol–water partition coefficient (Wildman–Crippen LogP) is 5.36. The number of hydrogen-bond acceptors (Lipinski definition) is 3. The lowest BCUT2D eigenvalue weighted by molar-refractivity contribution is 0.101. The van der Waals surface area contributed by atoms with E-state index in [0.29, 0.717) is 16.5 Å². The van der Waals surface area contributed by atoms with Crippen molar-refractivity contribution < 1.29 is 18.4 Å². The molecule has 0 fully saturated rings. The highest BCUT2D eigenvalue weighted by atomic mass is 19.1. The third kappa shape index (κ3) is 3.18. The number of carbonyl (C=O) groups is 2. The number of halogens is 1. The van der Waals surface area contributed by atoms with E-state index >= 15 is 0 Å². The molecule has 1 aromatic heterocycles. The summed E-state index contributed by atoms with van der Waals surface area (Å²) in [5.41, 5.74) is 2.04. The molecule has 4 rings (SSSR count). The van der Waals surface area contributed by atoms with Crippen molar-refractivity contribution >= 4 is 28.3 Å². The second-order valence-electron chi connectivity index (χ2n) is 6.43. The van der Waals surface area contributed by atoms with Gasteiger partial charge in [0.15, 0.2) is 5.76 Å². The van der Waals surface area contributed by atoms with Crippen molar-refractivity contribution in [3.8, 4) is 0 Å². The van der Waals surface area contributed by atoms with Gasteiger partial charge in [-0.1, -0.05) is 54.1 Å². The van der Waals surface area contributed by atoms with Gasteiger partial charge in [-0.05, 0) is 31.2 Å². The summed E-state index contributed by atoms with van der Waals surface area (Å²) in [6.45, 7) is 1.93. The predicted molar refractivity (Wildman–Crippen MR) is 105 cm³/mol. The number of anilines is 1. The molecule has 4 aromatic rings. The van der Waals surface area contributed by atoms with E-state index in [-0.39, 0.29) is 22.8 Å². The van der Waals surface area contributed by atoms with Crippen molar-refractivity contribution in [2.24, 2.45) is 0 Å². The van der Waals surface area contributed by atoms with E-state index in [2.05, 4.69) is 5.32 Å². The zero-order chi connectivity index (χ0) is 19.7. The first-order valence-electron chi connectivity index (χ1n) is 8.73. The molecule has 0 aliphatic carbocycles. The average Bonchev–Trinajstić information content (AvgIpc) is 3.07. The first kappa shape index (κ1) is 17.7. The molecule has 1 heterocycles. The van der Waals surface area contributed by atoms with Gasteiger partial charge in [0.25, 0.3) is 5.91 Å². The molecule has 0 saturated heterocycles. The van der Waals surface area contributed by atoms with E-state index in [0.717, 1.165) is 5.56 Å². The van der Waals surface area contributed by atoms with Crippen LogP contribution < -0.4 is 5.32 Å². The Balaban J connectivity index is 1.79. The number of benzene rings is 3. The molecule has 0 aliphatic rings. The van der Waals surface area contributed by atoms with Crippen molar-refractivity contribution in [1.82, 2.24) is 0 Å². The van der Waals surface area contributed by atoms with E-state index in [1.54, 1.807) is 42.5 Å². The number of amides is 1. The van der Waals surface area contributed by atoms with Crippen LogP contribution >= 0.6 is 0 Å². The van der Waals surface area contributed by atoms with Crippen LogP contribution in [-0.2, 0) is 0 Å². The molecular weight excluding hydrogens is 357 g/mol. The molecule has 28 heavy (non-hydrogen) atoms. The Morgan fingerprint density at radius 1 is 0.893 bits per heavy atom. The Labute approximate surface area is 160 Å². The normalized spacial score (nSPS) is 10.8. The number of fused-ring (bicyclic) bond motifs is 1. The summed E-state index contributed by atoms with van der Waals surface area (Å²) in [4.78, 5) is 25.6. The number of furan rings is 1. The minimum absolute atomic E-state index is 0.00902. The zero-order valence-corrected chi connectivity index (χ0v) is 15.0. The highest BCUT2D eigenvalue weighted by molar-refractivity contribution is 6.18. The minimum Gasteiger partial charge on any atom is -0.450 e. The van der Waals surface area contributed by atoms with Crippen LogP contribution in [0.2, 0.25) is 0 Å². The Morgan fingerprint density at radius 2 is 1.57 bits per heavy atom. The third-order valence-electron chi connectivity index (χ3n) is 4.47. The number of carbonyl (C=O) groups excluding carboxylic acids is 2. The molecule has 0 bridgehead atoms. The van der Waals surface area contributed by atoms with Gasteiger partial charge in [-0.25, -0.2) is 4.39 Å². The smallest absolute Gasteiger partial charge is 0.258 e. The summed E-state index contributed by atoms with van der Waals surface area (Å²) in [5, 5.41) is 3.23. The molecule has 0 aliphatic heterocycles. The lowest BCUT2D eigenvalue weighted by atomic mass is 10.1. The van der Waals surface area contributed by atoms with Gasteiger partial charge in [-0.3, -0.25) is 9.59 Å². The molecule has 4 nitrogen and oxygen atoms in total. The van der Waals surface area contributed by atoms with Gasteiger partial charge in [0.2, 0.25) is 5.78 Å². The Hall–Kier alpha value is -3.73. The van der Waals surface area contributed by atoms with E-state index in [1.807, 2.05) is 19.1 Å². The second kappa shape index (κ2) is 7.12. The average molecular weight is 373 g/mol. The maximum absolute atomic E-state index is 14.0. The first-order chi connectivity index (χ1) is 13.5. The van der Waals surface area contributed by atoms with Crippen molar-refractivity contribution in [3.05, 3.63) is 101 Å². The van der Waals surface area contributed by atoms with Crippen LogP contribution in [-0.4, -0.2) is 11.7 Å². The first-order valence-corrected chi connectivity index (χ1v) is 8.73. The summed E-state index contributed by atoms with van der Waals surface area (Å²) >= 11 is 0. The minimum atomic E-state index is -0.650. The standard InChI is InChI=1S/C23H16FNO3/c1-14-10-12-15(13-11-14)21(26)22-20(17-7-3-5-9-19(17)28-22)25-23(27)16-6-2-4-8-18(16)24/h2-13H,1H3,(H,25,27). The van der Waals surface area contributed by atoms with Gasteiger partial charge < -0.3 is 9.73 Å². The molecule has 3 aromatic carbocycles. The number of rotatable bonds is 4. The SMILES string of the molecule is Cc1ccc(C(=O)c2oc3ccccc3c2NC(=O)c2ccccc2F)cc1. The monoisotopic (exact) mass is 373 g/mol. The quantitative estimate of drug-likeness (QED) is 0.490. The largest absolute Gasteiger partial charge is 0.450 e. The van der Waals surface area contributed by atoms with Crippen molar-refractivity contribution in [2.75, 3.05) is 5.32 Å². The fourth-order valence-electron chi connectivity index (χ4n) is 2.99. The Bertz CT molecular complexity index is 1190. The van der Waals surface area contributed by atoms with Crippen molar-refractivity contribution in [2.45, 2.75) is 6.92 Å². The molecule has 5 heteroatoms. The van der Waals surface area contributed by atoms with Gasteiger partial charge in [0, 0.05) is 10.9 Å². The second-order valence-corrected chi connectivity index (χ2v) is 6.43. The van der Waals surface area contributed by atoms with Crippen LogP contribution in [0.15, 0.2) is 77.2 Å². The maximum atomic E-state index is 14.0. The number of hydrogen-bond donors (Lipinski definition) is 1. The summed E-state index contributed by atoms with van der Waals surface area (Å²) in [6.07, 6.45) is 0. The third-order valence-corrected chi connectivity index (χ3v) is 4.47. The van der Waals surface area contributed by atoms with Gasteiger partial charge in [-0.2, -0.15) is 0 Å². The van der Waals surface area contributed by atoms with E-state index in [9.17, 15) is 14.0 Å². The number of nitrogens with one attached hydrogen (secondary N) is 1. The molecule has 1 N–H and O–H groups in total. The van der Waals surface area contributed by atoms with Crippen LogP contribution in [0.25, 0.3) is 11.0 Å². The maximum Gasteiger partial charge on any atom is 0.258 e. The molecule has 1 amide bonds. The van der Waals surface area contributed by atoms with Gasteiger partial charge in [-0.15, -0.1) is 0 Å². The van der Waals surface area contributed by atoms with Crippen LogP contribution in [0.3, 0.4) is 0 Å². The molecule has 0 atom stereocenters. The van der Waals surface area contributed by atoms with Gasteiger partial charge >= 0.3 is 0 Å². The lowest BCUT2D eigenvalue weighted by Gasteiger charge is -2.07. The summed E-state index contributed by atoms with van der Waals surface area (Å²) in [5.74, 6) is -1.64. The van der Waals surface area contributed by atoms with Crippen molar-refractivity contribution in [1.29, 1.82) is 0 Å². The Kier molecular flexibility index (Phi) is 4.49. The Morgan fingerprint density at radius 3 is 2.32 bits per heavy atom. The molecule has 0 unspecified atom stereocenters. The van der Waals surface area contributed by atoms with Crippen LogP contribution in [0, 0.1) is 12.7 Å². The van der Waals surface area contributed by atoms with Gasteiger partial charge in [0.1, 0.15) is 11.4 Å². The number of para-hydroxylation sites is 1. The highest BCUT2D eigenvalue weighted by Crippen LogP contribution is 2.33. The topological polar surface area (TPSA) is 59.3 Å².